The summed E-state index contributed by atoms with van der Waals surface area (Å²) in [6.07, 6.45) is -3.29. The highest BCUT2D eigenvalue weighted by atomic mass is 16.6. The lowest BCUT2D eigenvalue weighted by Gasteiger charge is -2.16. The van der Waals surface area contributed by atoms with Crippen molar-refractivity contribution in [2.24, 2.45) is 0 Å². The van der Waals surface area contributed by atoms with Crippen molar-refractivity contribution in [2.75, 3.05) is 12.3 Å². The van der Waals surface area contributed by atoms with Crippen LogP contribution in [0.25, 0.3) is 11.2 Å². The Morgan fingerprint density at radius 2 is 2.20 bits per heavy atom. The molecule has 1 saturated heterocycles. The van der Waals surface area contributed by atoms with E-state index in [0.29, 0.717) is 0 Å². The summed E-state index contributed by atoms with van der Waals surface area (Å²) < 4.78 is 6.59. The highest BCUT2D eigenvalue weighted by Crippen LogP contribution is 2.30. The third-order valence-electron chi connectivity index (χ3n) is 3.25. The third kappa shape index (κ3) is 1.78. The number of H-pyrrole nitrogens is 1. The number of nitrogens with zero attached hydrogens (tertiary/aromatic N) is 3. The molecular formula is C10H13N5O5. The SMILES string of the molecule is Nc1nc2ncn([C@@H]3O[C@H](CO)[C@@H](O)[C@H]3O)c2c(=O)[nH]1. The van der Waals surface area contributed by atoms with Crippen LogP contribution in [-0.2, 0) is 4.74 Å². The number of aliphatic hydroxyl groups excluding tert-OH is 3. The van der Waals surface area contributed by atoms with Crippen molar-refractivity contribution in [1.29, 1.82) is 0 Å². The second-order valence-corrected chi connectivity index (χ2v) is 4.50. The minimum Gasteiger partial charge on any atom is -0.394 e. The molecule has 3 rings (SSSR count). The van der Waals surface area contributed by atoms with E-state index in [9.17, 15) is 15.0 Å². The lowest BCUT2D eigenvalue weighted by Crippen LogP contribution is -2.33. The standard InChI is InChI=1S/C10H13N5O5/c11-10-13-7-4(8(19)14-10)15(2-12-7)9-6(18)5(17)3(1-16)20-9/h2-3,5-6,9,16-18H,1H2,(H3,11,13,14,19)/t3-,5-,6-,9-/m1/s1. The highest BCUT2D eigenvalue weighted by molar-refractivity contribution is 5.70. The summed E-state index contributed by atoms with van der Waals surface area (Å²) >= 11 is 0. The van der Waals surface area contributed by atoms with E-state index in [1.54, 1.807) is 0 Å². The van der Waals surface area contributed by atoms with Crippen LogP contribution in [0.1, 0.15) is 6.23 Å². The van der Waals surface area contributed by atoms with Crippen molar-refractivity contribution in [1.82, 2.24) is 19.5 Å². The first-order valence-electron chi connectivity index (χ1n) is 5.87. The normalized spacial score (nSPS) is 30.1. The van der Waals surface area contributed by atoms with Crippen LogP contribution in [0.2, 0.25) is 0 Å². The number of rotatable bonds is 2. The third-order valence-corrected chi connectivity index (χ3v) is 3.25. The van der Waals surface area contributed by atoms with Crippen molar-refractivity contribution >= 4 is 17.1 Å². The quantitative estimate of drug-likeness (QED) is 0.398. The summed E-state index contributed by atoms with van der Waals surface area (Å²) in [7, 11) is 0. The second kappa shape index (κ2) is 4.52. The number of hydrogen-bond acceptors (Lipinski definition) is 8. The van der Waals surface area contributed by atoms with Gasteiger partial charge in [-0.25, -0.2) is 4.98 Å². The fraction of sp³-hybridized carbons (Fsp3) is 0.500. The number of imidazole rings is 1. The average molecular weight is 283 g/mol. The van der Waals surface area contributed by atoms with Crippen molar-refractivity contribution < 1.29 is 20.1 Å². The smallest absolute Gasteiger partial charge is 0.278 e. The molecule has 0 bridgehead atoms. The van der Waals surface area contributed by atoms with Crippen molar-refractivity contribution in [2.45, 2.75) is 24.5 Å². The van der Waals surface area contributed by atoms with Crippen LogP contribution < -0.4 is 11.3 Å². The molecule has 6 N–H and O–H groups in total. The Balaban J connectivity index is 2.10. The molecule has 10 nitrogen and oxygen atoms in total. The molecule has 10 heteroatoms. The van der Waals surface area contributed by atoms with Crippen LogP contribution in [0, 0.1) is 0 Å². The van der Waals surface area contributed by atoms with E-state index in [2.05, 4.69) is 15.0 Å². The van der Waals surface area contributed by atoms with Crippen LogP contribution in [0.3, 0.4) is 0 Å². The first-order valence-corrected chi connectivity index (χ1v) is 5.87. The molecule has 108 valence electrons. The molecule has 0 aliphatic carbocycles. The molecule has 4 atom stereocenters. The van der Waals surface area contributed by atoms with Gasteiger partial charge in [-0.1, -0.05) is 0 Å². The first-order chi connectivity index (χ1) is 9.52. The Labute approximate surface area is 111 Å². The van der Waals surface area contributed by atoms with Gasteiger partial charge >= 0.3 is 0 Å². The summed E-state index contributed by atoms with van der Waals surface area (Å²) in [4.78, 5) is 22.0. The number of nitrogens with one attached hydrogen (secondary N) is 1. The summed E-state index contributed by atoms with van der Waals surface area (Å²) in [5.41, 5.74) is 5.04. The Kier molecular flexibility index (Phi) is 2.94. The molecule has 0 aromatic carbocycles. The Morgan fingerprint density at radius 1 is 1.45 bits per heavy atom. The largest absolute Gasteiger partial charge is 0.394 e. The Bertz CT molecular complexity index is 697. The zero-order valence-electron chi connectivity index (χ0n) is 10.2. The van der Waals surface area contributed by atoms with E-state index in [0.717, 1.165) is 0 Å². The number of anilines is 1. The fourth-order valence-corrected chi connectivity index (χ4v) is 2.27. The molecule has 1 aliphatic rings. The number of hydrogen-bond donors (Lipinski definition) is 5. The number of nitrogens with two attached hydrogens (primary N) is 1. The van der Waals surface area contributed by atoms with Gasteiger partial charge in [0.1, 0.15) is 24.6 Å². The number of aliphatic hydroxyl groups is 3. The van der Waals surface area contributed by atoms with Crippen LogP contribution in [-0.4, -0.2) is 59.8 Å². The molecule has 0 saturated carbocycles. The van der Waals surface area contributed by atoms with Crippen molar-refractivity contribution in [3.63, 3.8) is 0 Å². The zero-order chi connectivity index (χ0) is 14.4. The van der Waals surface area contributed by atoms with Gasteiger partial charge in [0, 0.05) is 0 Å². The average Bonchev–Trinajstić information content (AvgIpc) is 2.93. The summed E-state index contributed by atoms with van der Waals surface area (Å²) in [6.45, 7) is -0.455. The zero-order valence-corrected chi connectivity index (χ0v) is 10.2. The summed E-state index contributed by atoms with van der Waals surface area (Å²) in [5, 5.41) is 28.7. The maximum Gasteiger partial charge on any atom is 0.278 e. The van der Waals surface area contributed by atoms with Gasteiger partial charge in [-0.2, -0.15) is 4.98 Å². The second-order valence-electron chi connectivity index (χ2n) is 4.50. The Morgan fingerprint density at radius 3 is 2.85 bits per heavy atom. The molecule has 0 radical (unpaired) electrons. The lowest BCUT2D eigenvalue weighted by atomic mass is 10.1. The first kappa shape index (κ1) is 13.0. The van der Waals surface area contributed by atoms with Crippen LogP contribution in [0.5, 0.6) is 0 Å². The Hall–Kier alpha value is -2.01. The van der Waals surface area contributed by atoms with Gasteiger partial charge in [0.2, 0.25) is 5.95 Å². The van der Waals surface area contributed by atoms with Gasteiger partial charge in [-0.15, -0.1) is 0 Å². The summed E-state index contributed by atoms with van der Waals surface area (Å²) in [6, 6.07) is 0. The van der Waals surface area contributed by atoms with Gasteiger partial charge in [-0.05, 0) is 0 Å². The van der Waals surface area contributed by atoms with Gasteiger partial charge in [0.25, 0.3) is 5.56 Å². The molecule has 1 aliphatic heterocycles. The predicted octanol–water partition coefficient (Wildman–Crippen LogP) is -2.69. The molecular weight excluding hydrogens is 270 g/mol. The molecule has 3 heterocycles. The predicted molar refractivity (Wildman–Crippen MR) is 65.6 cm³/mol. The fourth-order valence-electron chi connectivity index (χ4n) is 2.27. The van der Waals surface area contributed by atoms with Crippen LogP contribution in [0.15, 0.2) is 11.1 Å². The molecule has 0 unspecified atom stereocenters. The molecule has 2 aromatic heterocycles. The van der Waals surface area contributed by atoms with Crippen LogP contribution >= 0.6 is 0 Å². The molecule has 0 spiro atoms. The van der Waals surface area contributed by atoms with Crippen molar-refractivity contribution in [3.8, 4) is 0 Å². The van der Waals surface area contributed by atoms with Crippen LogP contribution in [0.4, 0.5) is 5.95 Å². The number of ether oxygens (including phenoxy) is 1. The number of fused-ring (bicyclic) bond motifs is 1. The van der Waals surface area contributed by atoms with Crippen molar-refractivity contribution in [3.05, 3.63) is 16.7 Å². The van der Waals surface area contributed by atoms with Gasteiger partial charge < -0.3 is 25.8 Å². The van der Waals surface area contributed by atoms with E-state index in [1.165, 1.54) is 10.9 Å². The maximum absolute atomic E-state index is 11.9. The maximum atomic E-state index is 11.9. The van der Waals surface area contributed by atoms with E-state index in [4.69, 9.17) is 15.6 Å². The number of aromatic nitrogens is 4. The van der Waals surface area contributed by atoms with E-state index in [-0.39, 0.29) is 17.1 Å². The number of aromatic amines is 1. The molecule has 20 heavy (non-hydrogen) atoms. The minimum atomic E-state index is -1.30. The molecule has 2 aromatic rings. The van der Waals surface area contributed by atoms with Gasteiger partial charge in [0.05, 0.1) is 6.61 Å². The monoisotopic (exact) mass is 283 g/mol. The van der Waals surface area contributed by atoms with E-state index < -0.39 is 36.7 Å². The molecule has 0 amide bonds. The topological polar surface area (TPSA) is 160 Å². The molecule has 1 fully saturated rings. The van der Waals surface area contributed by atoms with E-state index in [1.807, 2.05) is 0 Å². The van der Waals surface area contributed by atoms with Gasteiger partial charge in [-0.3, -0.25) is 14.3 Å². The summed E-state index contributed by atoms with van der Waals surface area (Å²) in [5.74, 6) is -0.0751. The van der Waals surface area contributed by atoms with Gasteiger partial charge in [0.15, 0.2) is 17.4 Å². The highest BCUT2D eigenvalue weighted by Gasteiger charge is 2.44. The number of nitrogen functional groups attached to an aromatic ring is 1. The van der Waals surface area contributed by atoms with E-state index >= 15 is 0 Å². The lowest BCUT2D eigenvalue weighted by molar-refractivity contribution is -0.0509. The minimum absolute atomic E-state index is 0.0639.